The number of fused-ring (bicyclic) bond motifs is 1. The van der Waals surface area contributed by atoms with Crippen LogP contribution in [0.4, 0.5) is 0 Å². The van der Waals surface area contributed by atoms with Gasteiger partial charge in [0.2, 0.25) is 5.88 Å². The first kappa shape index (κ1) is 12.4. The third kappa shape index (κ3) is 2.67. The van der Waals surface area contributed by atoms with Crippen molar-refractivity contribution in [3.05, 3.63) is 72.4 Å². The van der Waals surface area contributed by atoms with Crippen molar-refractivity contribution >= 4 is 17.1 Å². The molecule has 1 heterocycles. The molecule has 3 heteroatoms. The molecule has 0 spiro atoms. The lowest BCUT2D eigenvalue weighted by molar-refractivity contribution is 0.294. The summed E-state index contributed by atoms with van der Waals surface area (Å²) in [6.45, 7) is 4.21. The normalized spacial score (nSPS) is 10.4. The summed E-state index contributed by atoms with van der Waals surface area (Å²) in [6.07, 6.45) is 3.47. The SMILES string of the molecule is C=Cc1ccc(COc2cnc3ccccc3n2)cc1. The van der Waals surface area contributed by atoms with Gasteiger partial charge < -0.3 is 4.74 Å². The van der Waals surface area contributed by atoms with E-state index < -0.39 is 0 Å². The number of benzene rings is 2. The largest absolute Gasteiger partial charge is 0.472 e. The van der Waals surface area contributed by atoms with Gasteiger partial charge in [0.25, 0.3) is 0 Å². The number of hydrogen-bond donors (Lipinski definition) is 0. The zero-order valence-electron chi connectivity index (χ0n) is 11.0. The molecule has 0 radical (unpaired) electrons. The minimum atomic E-state index is 0.477. The van der Waals surface area contributed by atoms with Crippen LogP contribution in [0.2, 0.25) is 0 Å². The fraction of sp³-hybridized carbons (Fsp3) is 0.0588. The van der Waals surface area contributed by atoms with Crippen molar-refractivity contribution in [3.63, 3.8) is 0 Å². The summed E-state index contributed by atoms with van der Waals surface area (Å²) in [4.78, 5) is 8.74. The molecule has 1 aromatic heterocycles. The Morgan fingerprint density at radius 1 is 1.00 bits per heavy atom. The Bertz CT molecular complexity index is 735. The van der Waals surface area contributed by atoms with Crippen LogP contribution in [-0.4, -0.2) is 9.97 Å². The third-order valence-electron chi connectivity index (χ3n) is 3.03. The summed E-state index contributed by atoms with van der Waals surface area (Å²) in [5.74, 6) is 0.538. The molecule has 0 N–H and O–H groups in total. The minimum Gasteiger partial charge on any atom is -0.472 e. The lowest BCUT2D eigenvalue weighted by Crippen LogP contribution is -1.98. The Kier molecular flexibility index (Phi) is 3.42. The van der Waals surface area contributed by atoms with Crippen LogP contribution < -0.4 is 4.74 Å². The van der Waals surface area contributed by atoms with E-state index in [1.54, 1.807) is 6.20 Å². The molecule has 0 fully saturated rings. The molecule has 98 valence electrons. The van der Waals surface area contributed by atoms with Crippen LogP contribution in [0.3, 0.4) is 0 Å². The number of aromatic nitrogens is 2. The molecule has 0 aliphatic heterocycles. The Morgan fingerprint density at radius 2 is 1.75 bits per heavy atom. The van der Waals surface area contributed by atoms with Gasteiger partial charge in [-0.1, -0.05) is 49.1 Å². The second kappa shape index (κ2) is 5.53. The van der Waals surface area contributed by atoms with Crippen molar-refractivity contribution in [2.45, 2.75) is 6.61 Å². The maximum atomic E-state index is 5.67. The monoisotopic (exact) mass is 262 g/mol. The molecule has 0 aliphatic carbocycles. The highest BCUT2D eigenvalue weighted by atomic mass is 16.5. The van der Waals surface area contributed by atoms with Crippen LogP contribution in [0.25, 0.3) is 17.1 Å². The fourth-order valence-electron chi connectivity index (χ4n) is 1.92. The Hall–Kier alpha value is -2.68. The second-order valence-corrected chi connectivity index (χ2v) is 4.43. The van der Waals surface area contributed by atoms with Crippen LogP contribution in [0.5, 0.6) is 5.88 Å². The van der Waals surface area contributed by atoms with E-state index in [0.29, 0.717) is 12.5 Å². The number of rotatable bonds is 4. The first-order valence-electron chi connectivity index (χ1n) is 6.41. The quantitative estimate of drug-likeness (QED) is 0.716. The van der Waals surface area contributed by atoms with Crippen molar-refractivity contribution in [2.24, 2.45) is 0 Å². The van der Waals surface area contributed by atoms with Crippen LogP contribution in [0.15, 0.2) is 61.3 Å². The van der Waals surface area contributed by atoms with E-state index in [1.165, 1.54) is 0 Å². The number of nitrogens with zero attached hydrogens (tertiary/aromatic N) is 2. The zero-order chi connectivity index (χ0) is 13.8. The van der Waals surface area contributed by atoms with Gasteiger partial charge in [-0.25, -0.2) is 9.97 Å². The van der Waals surface area contributed by atoms with E-state index in [9.17, 15) is 0 Å². The first-order chi connectivity index (χ1) is 9.85. The molecule has 0 amide bonds. The smallest absolute Gasteiger partial charge is 0.233 e. The number of hydrogen-bond acceptors (Lipinski definition) is 3. The summed E-state index contributed by atoms with van der Waals surface area (Å²) in [7, 11) is 0. The molecule has 0 bridgehead atoms. The topological polar surface area (TPSA) is 35.0 Å². The van der Waals surface area contributed by atoms with Crippen molar-refractivity contribution in [3.8, 4) is 5.88 Å². The van der Waals surface area contributed by atoms with Gasteiger partial charge in [0.05, 0.1) is 17.2 Å². The van der Waals surface area contributed by atoms with Gasteiger partial charge in [-0.3, -0.25) is 0 Å². The highest BCUT2D eigenvalue weighted by Crippen LogP contribution is 2.14. The molecule has 0 unspecified atom stereocenters. The summed E-state index contributed by atoms with van der Waals surface area (Å²) in [5, 5.41) is 0. The van der Waals surface area contributed by atoms with E-state index in [-0.39, 0.29) is 0 Å². The van der Waals surface area contributed by atoms with E-state index in [2.05, 4.69) is 16.5 Å². The average molecular weight is 262 g/mol. The predicted molar refractivity (Wildman–Crippen MR) is 80.4 cm³/mol. The first-order valence-corrected chi connectivity index (χ1v) is 6.41. The van der Waals surface area contributed by atoms with Gasteiger partial charge in [0.15, 0.2) is 0 Å². The number of ether oxygens (including phenoxy) is 1. The maximum Gasteiger partial charge on any atom is 0.233 e. The number of para-hydroxylation sites is 2. The van der Waals surface area contributed by atoms with E-state index >= 15 is 0 Å². The minimum absolute atomic E-state index is 0.477. The van der Waals surface area contributed by atoms with Gasteiger partial charge in [0.1, 0.15) is 6.61 Å². The third-order valence-corrected chi connectivity index (χ3v) is 3.03. The second-order valence-electron chi connectivity index (χ2n) is 4.43. The van der Waals surface area contributed by atoms with Gasteiger partial charge >= 0.3 is 0 Å². The molecule has 3 nitrogen and oxygen atoms in total. The molecule has 20 heavy (non-hydrogen) atoms. The molecule has 3 rings (SSSR count). The molecule has 0 atom stereocenters. The van der Waals surface area contributed by atoms with Crippen LogP contribution in [0, 0.1) is 0 Å². The Balaban J connectivity index is 1.74. The summed E-state index contributed by atoms with van der Waals surface area (Å²) < 4.78 is 5.67. The lowest BCUT2D eigenvalue weighted by Gasteiger charge is -2.06. The molecule has 0 saturated heterocycles. The average Bonchev–Trinajstić information content (AvgIpc) is 2.53. The lowest BCUT2D eigenvalue weighted by atomic mass is 10.1. The van der Waals surface area contributed by atoms with E-state index in [1.807, 2.05) is 54.6 Å². The molecular weight excluding hydrogens is 248 g/mol. The van der Waals surface area contributed by atoms with Crippen LogP contribution in [-0.2, 0) is 6.61 Å². The maximum absolute atomic E-state index is 5.67. The van der Waals surface area contributed by atoms with Crippen molar-refractivity contribution in [2.75, 3.05) is 0 Å². The molecular formula is C17H14N2O. The Morgan fingerprint density at radius 3 is 2.50 bits per heavy atom. The fourth-order valence-corrected chi connectivity index (χ4v) is 1.92. The summed E-state index contributed by atoms with van der Waals surface area (Å²) in [5.41, 5.74) is 3.90. The highest BCUT2D eigenvalue weighted by Gasteiger charge is 2.00. The van der Waals surface area contributed by atoms with Crippen molar-refractivity contribution in [1.82, 2.24) is 9.97 Å². The van der Waals surface area contributed by atoms with Crippen LogP contribution >= 0.6 is 0 Å². The molecule has 2 aromatic carbocycles. The van der Waals surface area contributed by atoms with Crippen LogP contribution in [0.1, 0.15) is 11.1 Å². The summed E-state index contributed by atoms with van der Waals surface area (Å²) in [6, 6.07) is 15.8. The Labute approximate surface area is 117 Å². The summed E-state index contributed by atoms with van der Waals surface area (Å²) >= 11 is 0. The zero-order valence-corrected chi connectivity index (χ0v) is 11.0. The predicted octanol–water partition coefficient (Wildman–Crippen LogP) is 3.85. The van der Waals surface area contributed by atoms with E-state index in [4.69, 9.17) is 4.74 Å². The van der Waals surface area contributed by atoms with Gasteiger partial charge in [-0.05, 0) is 23.3 Å². The molecule has 3 aromatic rings. The van der Waals surface area contributed by atoms with Crippen molar-refractivity contribution in [1.29, 1.82) is 0 Å². The standard InChI is InChI=1S/C17H14N2O/c1-2-13-7-9-14(10-8-13)12-20-17-11-18-15-5-3-4-6-16(15)19-17/h2-11H,1,12H2. The van der Waals surface area contributed by atoms with Crippen molar-refractivity contribution < 1.29 is 4.74 Å². The van der Waals surface area contributed by atoms with Gasteiger partial charge in [-0.15, -0.1) is 0 Å². The molecule has 0 aliphatic rings. The molecule has 0 saturated carbocycles. The van der Waals surface area contributed by atoms with Gasteiger partial charge in [-0.2, -0.15) is 0 Å². The van der Waals surface area contributed by atoms with Gasteiger partial charge in [0, 0.05) is 0 Å². The van der Waals surface area contributed by atoms with E-state index in [0.717, 1.165) is 22.2 Å². The highest BCUT2D eigenvalue weighted by molar-refractivity contribution is 5.73.